The number of hydrogen-bond donors (Lipinski definition) is 1. The van der Waals surface area contributed by atoms with Crippen LogP contribution in [0.2, 0.25) is 5.02 Å². The number of aromatic amines is 1. The smallest absolute Gasteiger partial charge is 0.346 e. The molecule has 1 aromatic carbocycles. The van der Waals surface area contributed by atoms with Crippen molar-refractivity contribution in [3.63, 3.8) is 0 Å². The van der Waals surface area contributed by atoms with Gasteiger partial charge in [0.25, 0.3) is 0 Å². The van der Waals surface area contributed by atoms with Crippen molar-refractivity contribution in [2.75, 3.05) is 0 Å². The Labute approximate surface area is 143 Å². The van der Waals surface area contributed by atoms with Gasteiger partial charge in [-0.25, -0.2) is 4.98 Å². The maximum absolute atomic E-state index is 13.1. The van der Waals surface area contributed by atoms with E-state index in [2.05, 4.69) is 25.9 Å². The van der Waals surface area contributed by atoms with E-state index in [1.807, 2.05) is 6.07 Å². The summed E-state index contributed by atoms with van der Waals surface area (Å²) in [7, 11) is 0. The summed E-state index contributed by atoms with van der Waals surface area (Å²) >= 11 is 9.15. The molecule has 0 saturated carbocycles. The Balaban J connectivity index is 2.05. The predicted octanol–water partition coefficient (Wildman–Crippen LogP) is 6.17. The average Bonchev–Trinajstić information content (AvgIpc) is 2.86. The highest BCUT2D eigenvalue weighted by molar-refractivity contribution is 9.10. The lowest BCUT2D eigenvalue weighted by Crippen LogP contribution is -2.06. The molecule has 118 valence electrons. The Morgan fingerprint density at radius 3 is 2.61 bits per heavy atom. The Kier molecular flexibility index (Phi) is 4.21. The van der Waals surface area contributed by atoms with Crippen LogP contribution < -0.4 is 0 Å². The van der Waals surface area contributed by atoms with Gasteiger partial charge in [0.05, 0.1) is 5.56 Å². The molecule has 3 rings (SSSR count). The second-order valence-corrected chi connectivity index (χ2v) is 6.21. The van der Waals surface area contributed by atoms with E-state index in [0.717, 1.165) is 21.5 Å². The van der Waals surface area contributed by atoms with Gasteiger partial charge in [-0.2, -0.15) is 13.2 Å². The Morgan fingerprint density at radius 1 is 1.13 bits per heavy atom. The van der Waals surface area contributed by atoms with E-state index < -0.39 is 11.7 Å². The molecule has 3 aromatic rings. The van der Waals surface area contributed by atoms with Crippen molar-refractivity contribution in [1.82, 2.24) is 9.97 Å². The van der Waals surface area contributed by atoms with E-state index in [4.69, 9.17) is 11.6 Å². The van der Waals surface area contributed by atoms with Crippen LogP contribution in [0.15, 0.2) is 41.1 Å². The molecular formula is C16H9BrClF3N2. The first kappa shape index (κ1) is 16.1. The van der Waals surface area contributed by atoms with E-state index in [9.17, 15) is 13.2 Å². The summed E-state index contributed by atoms with van der Waals surface area (Å²) in [6.45, 7) is 0. The first-order chi connectivity index (χ1) is 10.8. The summed E-state index contributed by atoms with van der Waals surface area (Å²) in [5.41, 5.74) is 0.691. The maximum Gasteiger partial charge on any atom is 0.416 e. The minimum absolute atomic E-state index is 0.0160. The molecule has 0 atom stereocenters. The Hall–Kier alpha value is -1.79. The van der Waals surface area contributed by atoms with Crippen molar-refractivity contribution in [3.8, 4) is 0 Å². The molecule has 0 aliphatic carbocycles. The SMILES string of the molecule is FC(F)(F)c1ccc(Cl)cc1C=Cc1c[nH]c2ncc(Br)cc12. The van der Waals surface area contributed by atoms with Crippen LogP contribution in [-0.2, 0) is 6.18 Å². The van der Waals surface area contributed by atoms with Gasteiger partial charge in [-0.15, -0.1) is 0 Å². The van der Waals surface area contributed by atoms with Crippen molar-refractivity contribution >= 4 is 50.7 Å². The first-order valence-electron chi connectivity index (χ1n) is 6.52. The fraction of sp³-hybridized carbons (Fsp3) is 0.0625. The maximum atomic E-state index is 13.1. The van der Waals surface area contributed by atoms with Gasteiger partial charge in [-0.3, -0.25) is 0 Å². The van der Waals surface area contributed by atoms with Crippen LogP contribution in [0.1, 0.15) is 16.7 Å². The van der Waals surface area contributed by atoms with Crippen molar-refractivity contribution in [1.29, 1.82) is 0 Å². The van der Waals surface area contributed by atoms with Gasteiger partial charge in [0.2, 0.25) is 0 Å². The highest BCUT2D eigenvalue weighted by Gasteiger charge is 2.32. The zero-order valence-electron chi connectivity index (χ0n) is 11.5. The second-order valence-electron chi connectivity index (χ2n) is 4.86. The molecule has 0 aliphatic rings. The molecule has 0 aliphatic heterocycles. The number of halogens is 5. The van der Waals surface area contributed by atoms with Gasteiger partial charge in [-0.05, 0) is 45.8 Å². The van der Waals surface area contributed by atoms with Crippen molar-refractivity contribution < 1.29 is 13.2 Å². The highest BCUT2D eigenvalue weighted by Crippen LogP contribution is 2.34. The molecule has 1 N–H and O–H groups in total. The monoisotopic (exact) mass is 400 g/mol. The minimum Gasteiger partial charge on any atom is -0.346 e. The van der Waals surface area contributed by atoms with Gasteiger partial charge in [0.15, 0.2) is 0 Å². The van der Waals surface area contributed by atoms with Crippen molar-refractivity contribution in [2.45, 2.75) is 6.18 Å². The lowest BCUT2D eigenvalue weighted by atomic mass is 10.1. The third-order valence-corrected chi connectivity index (χ3v) is 3.96. The van der Waals surface area contributed by atoms with Crippen LogP contribution >= 0.6 is 27.5 Å². The number of aromatic nitrogens is 2. The van der Waals surface area contributed by atoms with Crippen LogP contribution in [0, 0.1) is 0 Å². The topological polar surface area (TPSA) is 28.7 Å². The number of fused-ring (bicyclic) bond motifs is 1. The molecule has 7 heteroatoms. The largest absolute Gasteiger partial charge is 0.416 e. The summed E-state index contributed by atoms with van der Waals surface area (Å²) in [6.07, 6.45) is 1.91. The summed E-state index contributed by atoms with van der Waals surface area (Å²) < 4.78 is 39.9. The van der Waals surface area contributed by atoms with Gasteiger partial charge in [0.1, 0.15) is 5.65 Å². The van der Waals surface area contributed by atoms with Crippen LogP contribution in [0.5, 0.6) is 0 Å². The average molecular weight is 402 g/mol. The molecule has 0 unspecified atom stereocenters. The zero-order chi connectivity index (χ0) is 16.6. The molecule has 2 nitrogen and oxygen atoms in total. The third kappa shape index (κ3) is 3.43. The fourth-order valence-corrected chi connectivity index (χ4v) is 2.76. The van der Waals surface area contributed by atoms with Gasteiger partial charge < -0.3 is 4.98 Å². The minimum atomic E-state index is -4.44. The third-order valence-electron chi connectivity index (χ3n) is 3.29. The van der Waals surface area contributed by atoms with E-state index in [1.54, 1.807) is 18.5 Å². The molecule has 0 radical (unpaired) electrons. The number of rotatable bonds is 2. The number of alkyl halides is 3. The highest BCUT2D eigenvalue weighted by atomic mass is 79.9. The summed E-state index contributed by atoms with van der Waals surface area (Å²) in [5.74, 6) is 0. The molecule has 0 saturated heterocycles. The summed E-state index contributed by atoms with van der Waals surface area (Å²) in [6, 6.07) is 5.36. The van der Waals surface area contributed by atoms with Crippen LogP contribution in [0.25, 0.3) is 23.2 Å². The molecule has 0 spiro atoms. The number of H-pyrrole nitrogens is 1. The quantitative estimate of drug-likeness (QED) is 0.547. The second kappa shape index (κ2) is 6.02. The van der Waals surface area contributed by atoms with Crippen LogP contribution in [0.4, 0.5) is 13.2 Å². The summed E-state index contributed by atoms with van der Waals surface area (Å²) in [4.78, 5) is 7.17. The molecule has 0 amide bonds. The lowest BCUT2D eigenvalue weighted by molar-refractivity contribution is -0.137. The van der Waals surface area contributed by atoms with E-state index in [1.165, 1.54) is 18.2 Å². The fourth-order valence-electron chi connectivity index (χ4n) is 2.25. The molecule has 2 heterocycles. The molecule has 2 aromatic heterocycles. The molecule has 0 bridgehead atoms. The van der Waals surface area contributed by atoms with E-state index in [-0.39, 0.29) is 10.6 Å². The Morgan fingerprint density at radius 2 is 1.87 bits per heavy atom. The van der Waals surface area contributed by atoms with Crippen molar-refractivity contribution in [2.24, 2.45) is 0 Å². The zero-order valence-corrected chi connectivity index (χ0v) is 13.8. The predicted molar refractivity (Wildman–Crippen MR) is 89.2 cm³/mol. The van der Waals surface area contributed by atoms with Crippen molar-refractivity contribution in [3.05, 3.63) is 62.8 Å². The van der Waals surface area contributed by atoms with Gasteiger partial charge in [0, 0.05) is 32.8 Å². The van der Waals surface area contributed by atoms with E-state index >= 15 is 0 Å². The molecule has 23 heavy (non-hydrogen) atoms. The summed E-state index contributed by atoms with van der Waals surface area (Å²) in [5, 5.41) is 1.06. The van der Waals surface area contributed by atoms with Gasteiger partial charge >= 0.3 is 6.18 Å². The van der Waals surface area contributed by atoms with E-state index in [0.29, 0.717) is 5.65 Å². The normalized spacial score (nSPS) is 12.4. The first-order valence-corrected chi connectivity index (χ1v) is 7.69. The number of pyridine rings is 1. The number of nitrogens with one attached hydrogen (secondary N) is 1. The Bertz CT molecular complexity index is 900. The molecule has 0 fully saturated rings. The lowest BCUT2D eigenvalue weighted by Gasteiger charge is -2.10. The standard InChI is InChI=1S/C16H9BrClF3N2/c17-11-6-13-10(7-22-15(13)23-8-11)2-1-9-5-12(18)3-4-14(9)16(19,20)21/h1-8H,(H,22,23). The van der Waals surface area contributed by atoms with Gasteiger partial charge in [-0.1, -0.05) is 23.8 Å². The number of benzene rings is 1. The van der Waals surface area contributed by atoms with Crippen LogP contribution in [0.3, 0.4) is 0 Å². The molecular weight excluding hydrogens is 393 g/mol. The van der Waals surface area contributed by atoms with Crippen LogP contribution in [-0.4, -0.2) is 9.97 Å². The number of hydrogen-bond acceptors (Lipinski definition) is 1. The number of nitrogens with zero attached hydrogens (tertiary/aromatic N) is 1.